The van der Waals surface area contributed by atoms with E-state index in [4.69, 9.17) is 16.3 Å². The zero-order valence-electron chi connectivity index (χ0n) is 14.5. The Morgan fingerprint density at radius 1 is 1.29 bits per heavy atom. The Labute approximate surface area is 148 Å². The fourth-order valence-electron chi connectivity index (χ4n) is 2.45. The second-order valence-corrected chi connectivity index (χ2v) is 6.34. The monoisotopic (exact) mass is 346 g/mol. The van der Waals surface area contributed by atoms with E-state index in [1.165, 1.54) is 0 Å². The smallest absolute Gasteiger partial charge is 0.241 e. The Bertz CT molecular complexity index is 718. The number of rotatable bonds is 6. The van der Waals surface area contributed by atoms with Crippen LogP contribution in [0, 0.1) is 6.92 Å². The van der Waals surface area contributed by atoms with Gasteiger partial charge in [-0.2, -0.15) is 0 Å². The normalized spacial score (nSPS) is 12.1. The number of likely N-dealkylation sites (N-methyl/N-ethyl adjacent to an activating group) is 1. The van der Waals surface area contributed by atoms with Gasteiger partial charge in [0.05, 0.1) is 13.2 Å². The maximum absolute atomic E-state index is 12.4. The number of hydrogen-bond donors (Lipinski definition) is 1. The quantitative estimate of drug-likeness (QED) is 0.855. The number of amides is 1. The number of aryl methyl sites for hydroxylation is 1. The number of anilines is 1. The molecular weight excluding hydrogens is 324 g/mol. The third-order valence-electron chi connectivity index (χ3n) is 3.99. The molecule has 1 amide bonds. The molecule has 2 aromatic rings. The lowest BCUT2D eigenvalue weighted by Crippen LogP contribution is -2.39. The predicted molar refractivity (Wildman–Crippen MR) is 98.7 cm³/mol. The zero-order valence-corrected chi connectivity index (χ0v) is 15.2. The molecule has 2 rings (SSSR count). The second-order valence-electron chi connectivity index (χ2n) is 5.91. The first-order valence-corrected chi connectivity index (χ1v) is 8.18. The summed E-state index contributed by atoms with van der Waals surface area (Å²) in [4.78, 5) is 14.4. The largest absolute Gasteiger partial charge is 0.496 e. The van der Waals surface area contributed by atoms with E-state index in [2.05, 4.69) is 11.4 Å². The van der Waals surface area contributed by atoms with E-state index in [0.29, 0.717) is 17.3 Å². The van der Waals surface area contributed by atoms with Crippen LogP contribution in [0.5, 0.6) is 5.75 Å². The van der Waals surface area contributed by atoms with Gasteiger partial charge >= 0.3 is 0 Å². The van der Waals surface area contributed by atoms with Gasteiger partial charge in [0.25, 0.3) is 0 Å². The molecule has 0 fully saturated rings. The van der Waals surface area contributed by atoms with Gasteiger partial charge in [0, 0.05) is 22.8 Å². The molecule has 0 spiro atoms. The molecule has 128 valence electrons. The topological polar surface area (TPSA) is 41.6 Å². The van der Waals surface area contributed by atoms with Gasteiger partial charge in [0.2, 0.25) is 5.91 Å². The summed E-state index contributed by atoms with van der Waals surface area (Å²) in [5.74, 6) is 0.751. The molecule has 0 bridgehead atoms. The number of hydrogen-bond acceptors (Lipinski definition) is 3. The minimum absolute atomic E-state index is 0.0774. The van der Waals surface area contributed by atoms with Crippen molar-refractivity contribution in [3.63, 3.8) is 0 Å². The predicted octanol–water partition coefficient (Wildman–Crippen LogP) is 4.12. The van der Waals surface area contributed by atoms with Crippen LogP contribution in [0.3, 0.4) is 0 Å². The van der Waals surface area contributed by atoms with E-state index in [9.17, 15) is 4.79 Å². The number of nitrogens with zero attached hydrogens (tertiary/aromatic N) is 1. The summed E-state index contributed by atoms with van der Waals surface area (Å²) in [6.45, 7) is 4.54. The first kappa shape index (κ1) is 18.3. The van der Waals surface area contributed by atoms with Gasteiger partial charge in [-0.3, -0.25) is 9.69 Å². The molecule has 0 aliphatic rings. The highest BCUT2D eigenvalue weighted by atomic mass is 35.5. The molecule has 0 aliphatic heterocycles. The molecule has 1 atom stereocenters. The number of carbonyl (C=O) groups excluding carboxylic acids is 1. The van der Waals surface area contributed by atoms with Crippen LogP contribution in [0.15, 0.2) is 42.5 Å². The van der Waals surface area contributed by atoms with Crippen LogP contribution in [0.25, 0.3) is 0 Å². The molecule has 0 aliphatic carbocycles. The number of carbonyl (C=O) groups is 1. The number of methoxy groups -OCH3 is 1. The molecule has 24 heavy (non-hydrogen) atoms. The number of halogens is 1. The second kappa shape index (κ2) is 8.18. The van der Waals surface area contributed by atoms with Crippen LogP contribution < -0.4 is 10.1 Å². The van der Waals surface area contributed by atoms with Crippen molar-refractivity contribution in [1.82, 2.24) is 4.90 Å². The standard InChI is InChI=1S/C19H23ClN2O2/c1-13-8-9-18(24-4)15(10-13)12-22(3)14(2)19(23)21-17-7-5-6-16(20)11-17/h5-11,14H,12H2,1-4H3,(H,21,23). The average molecular weight is 347 g/mol. The summed E-state index contributed by atoms with van der Waals surface area (Å²) in [5.41, 5.74) is 2.92. The fourth-order valence-corrected chi connectivity index (χ4v) is 2.64. The Hall–Kier alpha value is -2.04. The number of benzene rings is 2. The molecule has 0 saturated carbocycles. The number of ether oxygens (including phenoxy) is 1. The Morgan fingerprint density at radius 3 is 2.71 bits per heavy atom. The van der Waals surface area contributed by atoms with E-state index in [0.717, 1.165) is 16.9 Å². The average Bonchev–Trinajstić information content (AvgIpc) is 2.54. The third kappa shape index (κ3) is 4.73. The molecule has 5 heteroatoms. The molecule has 0 heterocycles. The van der Waals surface area contributed by atoms with Gasteiger partial charge in [0.1, 0.15) is 5.75 Å². The van der Waals surface area contributed by atoms with Crippen molar-refractivity contribution in [2.75, 3.05) is 19.5 Å². The van der Waals surface area contributed by atoms with Gasteiger partial charge in [-0.1, -0.05) is 35.4 Å². The van der Waals surface area contributed by atoms with Crippen molar-refractivity contribution in [3.8, 4) is 5.75 Å². The van der Waals surface area contributed by atoms with E-state index < -0.39 is 0 Å². The van der Waals surface area contributed by atoms with Gasteiger partial charge in [-0.05, 0) is 45.2 Å². The van der Waals surface area contributed by atoms with Crippen molar-refractivity contribution >= 4 is 23.2 Å². The lowest BCUT2D eigenvalue weighted by Gasteiger charge is -2.25. The van der Waals surface area contributed by atoms with E-state index >= 15 is 0 Å². The first-order chi connectivity index (χ1) is 11.4. The zero-order chi connectivity index (χ0) is 17.7. The minimum Gasteiger partial charge on any atom is -0.496 e. The lowest BCUT2D eigenvalue weighted by atomic mass is 10.1. The van der Waals surface area contributed by atoms with E-state index in [1.54, 1.807) is 19.2 Å². The van der Waals surface area contributed by atoms with Crippen molar-refractivity contribution in [2.45, 2.75) is 26.4 Å². The van der Waals surface area contributed by atoms with Crippen molar-refractivity contribution in [3.05, 3.63) is 58.6 Å². The summed E-state index contributed by atoms with van der Waals surface area (Å²) in [7, 11) is 3.58. The van der Waals surface area contributed by atoms with Gasteiger partial charge in [-0.15, -0.1) is 0 Å². The van der Waals surface area contributed by atoms with Crippen LogP contribution in [-0.4, -0.2) is 31.0 Å². The lowest BCUT2D eigenvalue weighted by molar-refractivity contribution is -0.120. The SMILES string of the molecule is COc1ccc(C)cc1CN(C)C(C)C(=O)Nc1cccc(Cl)c1. The maximum atomic E-state index is 12.4. The molecule has 1 unspecified atom stereocenters. The molecule has 0 radical (unpaired) electrons. The van der Waals surface area contributed by atoms with E-state index in [-0.39, 0.29) is 11.9 Å². The van der Waals surface area contributed by atoms with Gasteiger partial charge < -0.3 is 10.1 Å². The summed E-state index contributed by atoms with van der Waals surface area (Å²) in [5, 5.41) is 3.49. The van der Waals surface area contributed by atoms with Crippen molar-refractivity contribution in [2.24, 2.45) is 0 Å². The summed E-state index contributed by atoms with van der Waals surface area (Å²) in [6, 6.07) is 12.9. The highest BCUT2D eigenvalue weighted by Gasteiger charge is 2.19. The highest BCUT2D eigenvalue weighted by molar-refractivity contribution is 6.30. The van der Waals surface area contributed by atoms with Gasteiger partial charge in [-0.25, -0.2) is 0 Å². The van der Waals surface area contributed by atoms with Crippen LogP contribution >= 0.6 is 11.6 Å². The third-order valence-corrected chi connectivity index (χ3v) is 4.22. The fraction of sp³-hybridized carbons (Fsp3) is 0.316. The van der Waals surface area contributed by atoms with Crippen molar-refractivity contribution < 1.29 is 9.53 Å². The minimum atomic E-state index is -0.297. The first-order valence-electron chi connectivity index (χ1n) is 7.81. The van der Waals surface area contributed by atoms with Crippen LogP contribution in [-0.2, 0) is 11.3 Å². The Balaban J connectivity index is 2.05. The Morgan fingerprint density at radius 2 is 2.04 bits per heavy atom. The molecule has 0 saturated heterocycles. The summed E-state index contributed by atoms with van der Waals surface area (Å²) >= 11 is 5.95. The van der Waals surface area contributed by atoms with Gasteiger partial charge in [0.15, 0.2) is 0 Å². The van der Waals surface area contributed by atoms with Crippen LogP contribution in [0.4, 0.5) is 5.69 Å². The molecule has 4 nitrogen and oxygen atoms in total. The maximum Gasteiger partial charge on any atom is 0.241 e. The molecule has 1 N–H and O–H groups in total. The van der Waals surface area contributed by atoms with Crippen LogP contribution in [0.1, 0.15) is 18.1 Å². The van der Waals surface area contributed by atoms with E-state index in [1.807, 2.05) is 50.1 Å². The highest BCUT2D eigenvalue weighted by Crippen LogP contribution is 2.22. The van der Waals surface area contributed by atoms with Crippen molar-refractivity contribution in [1.29, 1.82) is 0 Å². The summed E-state index contributed by atoms with van der Waals surface area (Å²) < 4.78 is 5.41. The summed E-state index contributed by atoms with van der Waals surface area (Å²) in [6.07, 6.45) is 0. The molecule has 2 aromatic carbocycles. The van der Waals surface area contributed by atoms with Crippen LogP contribution in [0.2, 0.25) is 5.02 Å². The molecule has 0 aromatic heterocycles. The molecular formula is C19H23ClN2O2. The Kier molecular flexibility index (Phi) is 6.23. The number of nitrogens with one attached hydrogen (secondary N) is 1.